The van der Waals surface area contributed by atoms with Crippen molar-refractivity contribution in [1.82, 2.24) is 24.8 Å². The molecule has 0 aliphatic carbocycles. The van der Waals surface area contributed by atoms with Gasteiger partial charge in [-0.05, 0) is 36.6 Å². The number of ether oxygens (including phenoxy) is 2. The zero-order valence-corrected chi connectivity index (χ0v) is 24.8. The van der Waals surface area contributed by atoms with Gasteiger partial charge in [0.1, 0.15) is 29.7 Å². The van der Waals surface area contributed by atoms with Gasteiger partial charge in [0.15, 0.2) is 11.6 Å². The van der Waals surface area contributed by atoms with Gasteiger partial charge in [-0.1, -0.05) is 36.4 Å². The van der Waals surface area contributed by atoms with Crippen LogP contribution in [-0.4, -0.2) is 64.6 Å². The van der Waals surface area contributed by atoms with Crippen molar-refractivity contribution < 1.29 is 32.6 Å². The van der Waals surface area contributed by atoms with E-state index in [9.17, 15) is 28.0 Å². The molecule has 2 heterocycles. The summed E-state index contributed by atoms with van der Waals surface area (Å²) >= 11 is 0. The van der Waals surface area contributed by atoms with Gasteiger partial charge in [-0.3, -0.25) is 14.4 Å². The van der Waals surface area contributed by atoms with E-state index in [4.69, 9.17) is 4.74 Å². The molecule has 1 unspecified atom stereocenters. The summed E-state index contributed by atoms with van der Waals surface area (Å²) in [5.41, 5.74) is 0.281. The second-order valence-electron chi connectivity index (χ2n) is 10.1. The molecule has 3 amide bonds. The molecule has 3 N–H and O–H groups in total. The molecular formula is C31H32F2N6O6. The van der Waals surface area contributed by atoms with Crippen LogP contribution in [0.25, 0.3) is 11.0 Å². The molecule has 4 aromatic rings. The SMILES string of the molecule is COC(=O)NC(CCC=CC(=O)N(C)C)C(=O)Nc1cccn(Cc2nc3c(OCc4ccccc4)c(F)c(F)cc3[nH]2)c1=O. The van der Waals surface area contributed by atoms with Crippen LogP contribution in [-0.2, 0) is 27.5 Å². The van der Waals surface area contributed by atoms with Crippen LogP contribution >= 0.6 is 0 Å². The molecule has 2 aromatic carbocycles. The van der Waals surface area contributed by atoms with E-state index in [2.05, 4.69) is 25.3 Å². The predicted molar refractivity (Wildman–Crippen MR) is 162 cm³/mol. The summed E-state index contributed by atoms with van der Waals surface area (Å²) in [5.74, 6) is -3.40. The maximum absolute atomic E-state index is 14.7. The number of nitrogens with one attached hydrogen (secondary N) is 3. The standard InChI is InChI=1S/C31H32F2N6O6/c1-38(2)25(40)14-8-7-12-21(36-31(43)44-3)29(41)35-22-13-9-15-39(30(22)42)17-24-34-23-16-20(32)26(33)28(27(23)37-24)45-18-19-10-5-4-6-11-19/h4-6,8-11,13-16,21H,7,12,17-18H2,1-3H3,(H,34,37)(H,35,41)(H,36,43). The number of allylic oxidation sites excluding steroid dienone is 1. The molecule has 236 valence electrons. The minimum absolute atomic E-state index is 0.0178. The zero-order valence-electron chi connectivity index (χ0n) is 24.8. The summed E-state index contributed by atoms with van der Waals surface area (Å²) in [6.07, 6.45) is 3.90. The molecule has 12 nitrogen and oxygen atoms in total. The summed E-state index contributed by atoms with van der Waals surface area (Å²) in [6, 6.07) is 11.7. The van der Waals surface area contributed by atoms with Gasteiger partial charge in [-0.2, -0.15) is 4.39 Å². The van der Waals surface area contributed by atoms with Crippen LogP contribution in [0.5, 0.6) is 5.75 Å². The first-order valence-corrected chi connectivity index (χ1v) is 13.8. The van der Waals surface area contributed by atoms with E-state index < -0.39 is 35.2 Å². The third-order valence-corrected chi connectivity index (χ3v) is 6.62. The topological polar surface area (TPSA) is 148 Å². The largest absolute Gasteiger partial charge is 0.483 e. The van der Waals surface area contributed by atoms with E-state index >= 15 is 0 Å². The lowest BCUT2D eigenvalue weighted by Gasteiger charge is -2.17. The maximum Gasteiger partial charge on any atom is 0.407 e. The molecule has 0 aliphatic heterocycles. The highest BCUT2D eigenvalue weighted by molar-refractivity contribution is 5.96. The molecule has 0 spiro atoms. The van der Waals surface area contributed by atoms with Crippen molar-refractivity contribution >= 4 is 34.6 Å². The van der Waals surface area contributed by atoms with Crippen LogP contribution in [0.2, 0.25) is 0 Å². The third kappa shape index (κ3) is 8.31. The average Bonchev–Trinajstić information content (AvgIpc) is 3.42. The van der Waals surface area contributed by atoms with Gasteiger partial charge in [0.05, 0.1) is 19.2 Å². The number of hydrogen-bond acceptors (Lipinski definition) is 7. The van der Waals surface area contributed by atoms with Crippen molar-refractivity contribution in [1.29, 1.82) is 0 Å². The minimum Gasteiger partial charge on any atom is -0.483 e. The lowest BCUT2D eigenvalue weighted by Crippen LogP contribution is -2.44. The number of benzene rings is 2. The van der Waals surface area contributed by atoms with Gasteiger partial charge in [-0.25, -0.2) is 14.2 Å². The van der Waals surface area contributed by atoms with Crippen molar-refractivity contribution in [3.8, 4) is 5.75 Å². The number of fused-ring (bicyclic) bond motifs is 1. The predicted octanol–water partition coefficient (Wildman–Crippen LogP) is 3.72. The fraction of sp³-hybridized carbons (Fsp3) is 0.258. The Labute approximate surface area is 256 Å². The number of carbonyl (C=O) groups excluding carboxylic acids is 3. The van der Waals surface area contributed by atoms with Gasteiger partial charge >= 0.3 is 6.09 Å². The molecule has 4 rings (SSSR count). The number of hydrogen-bond donors (Lipinski definition) is 3. The molecule has 0 radical (unpaired) electrons. The number of aromatic amines is 1. The van der Waals surface area contributed by atoms with Crippen LogP contribution in [0.1, 0.15) is 24.2 Å². The fourth-order valence-corrected chi connectivity index (χ4v) is 4.26. The van der Waals surface area contributed by atoms with Gasteiger partial charge < -0.3 is 34.6 Å². The Kier molecular flexibility index (Phi) is 10.6. The Morgan fingerprint density at radius 2 is 1.89 bits per heavy atom. The number of anilines is 1. The van der Waals surface area contributed by atoms with Crippen molar-refractivity contribution in [2.45, 2.75) is 32.0 Å². The summed E-state index contributed by atoms with van der Waals surface area (Å²) in [6.45, 7) is -0.150. The van der Waals surface area contributed by atoms with Gasteiger partial charge in [-0.15, -0.1) is 0 Å². The Bertz CT molecular complexity index is 1770. The van der Waals surface area contributed by atoms with Gasteiger partial charge in [0.2, 0.25) is 17.6 Å². The van der Waals surface area contributed by atoms with Crippen molar-refractivity contribution in [3.63, 3.8) is 0 Å². The number of aromatic nitrogens is 3. The highest BCUT2D eigenvalue weighted by Gasteiger charge is 2.23. The molecule has 0 saturated carbocycles. The lowest BCUT2D eigenvalue weighted by molar-refractivity contribution is -0.123. The molecule has 0 aliphatic rings. The Hall–Kier alpha value is -5.53. The van der Waals surface area contributed by atoms with Crippen LogP contribution in [0, 0.1) is 11.6 Å². The minimum atomic E-state index is -1.19. The zero-order chi connectivity index (χ0) is 32.5. The number of methoxy groups -OCH3 is 1. The maximum atomic E-state index is 14.7. The Morgan fingerprint density at radius 3 is 2.60 bits per heavy atom. The van der Waals surface area contributed by atoms with Crippen molar-refractivity contribution in [2.75, 3.05) is 26.5 Å². The van der Waals surface area contributed by atoms with E-state index in [1.54, 1.807) is 44.4 Å². The number of amides is 3. The van der Waals surface area contributed by atoms with E-state index in [1.165, 1.54) is 33.9 Å². The number of rotatable bonds is 12. The fourth-order valence-electron chi connectivity index (χ4n) is 4.26. The second-order valence-corrected chi connectivity index (χ2v) is 10.1. The Morgan fingerprint density at radius 1 is 1.13 bits per heavy atom. The van der Waals surface area contributed by atoms with Crippen LogP contribution in [0.3, 0.4) is 0 Å². The average molecular weight is 623 g/mol. The summed E-state index contributed by atoms with van der Waals surface area (Å²) in [7, 11) is 4.34. The number of pyridine rings is 1. The highest BCUT2D eigenvalue weighted by atomic mass is 19.2. The summed E-state index contributed by atoms with van der Waals surface area (Å²) in [5, 5.41) is 4.95. The number of nitrogens with zero attached hydrogens (tertiary/aromatic N) is 3. The number of alkyl carbamates (subject to hydrolysis) is 1. The highest BCUT2D eigenvalue weighted by Crippen LogP contribution is 2.30. The lowest BCUT2D eigenvalue weighted by atomic mass is 10.1. The summed E-state index contributed by atoms with van der Waals surface area (Å²) in [4.78, 5) is 58.6. The van der Waals surface area contributed by atoms with Crippen LogP contribution < -0.4 is 20.9 Å². The first kappa shape index (κ1) is 32.4. The van der Waals surface area contributed by atoms with Crippen LogP contribution in [0.15, 0.2) is 71.7 Å². The van der Waals surface area contributed by atoms with Gasteiger partial charge in [0, 0.05) is 26.4 Å². The monoisotopic (exact) mass is 622 g/mol. The number of halogens is 2. The molecule has 1 atom stereocenters. The van der Waals surface area contributed by atoms with Gasteiger partial charge in [0.25, 0.3) is 5.56 Å². The number of imidazole rings is 1. The molecule has 2 aromatic heterocycles. The first-order valence-electron chi connectivity index (χ1n) is 13.8. The van der Waals surface area contributed by atoms with E-state index in [0.717, 1.165) is 18.7 Å². The second kappa shape index (κ2) is 14.8. The summed E-state index contributed by atoms with van der Waals surface area (Å²) < 4.78 is 40.6. The molecule has 0 fully saturated rings. The quantitative estimate of drug-likeness (QED) is 0.204. The first-order chi connectivity index (χ1) is 21.6. The normalized spacial score (nSPS) is 11.8. The molecule has 45 heavy (non-hydrogen) atoms. The number of likely N-dealkylation sites (N-methyl/N-ethyl adjacent to an activating group) is 1. The molecule has 0 saturated heterocycles. The smallest absolute Gasteiger partial charge is 0.407 e. The van der Waals surface area contributed by atoms with E-state index in [-0.39, 0.29) is 60.2 Å². The van der Waals surface area contributed by atoms with Crippen molar-refractivity contribution in [3.05, 3.63) is 100 Å². The number of H-pyrrole nitrogens is 1. The van der Waals surface area contributed by atoms with E-state index in [0.29, 0.717) is 0 Å². The Balaban J connectivity index is 1.51. The molecular weight excluding hydrogens is 590 g/mol. The van der Waals surface area contributed by atoms with Crippen LogP contribution in [0.4, 0.5) is 19.3 Å². The number of carbonyl (C=O) groups is 3. The van der Waals surface area contributed by atoms with Crippen molar-refractivity contribution in [2.24, 2.45) is 0 Å². The molecule has 0 bridgehead atoms. The molecule has 14 heteroatoms. The third-order valence-electron chi connectivity index (χ3n) is 6.62. The van der Waals surface area contributed by atoms with E-state index in [1.807, 2.05) is 6.07 Å².